The largest absolute Gasteiger partial charge is 0.448 e. The van der Waals surface area contributed by atoms with Crippen LogP contribution in [0.15, 0.2) is 11.4 Å². The molecule has 0 spiro atoms. The average molecular weight is 364 g/mol. The van der Waals surface area contributed by atoms with Gasteiger partial charge in [-0.1, -0.05) is 6.92 Å². The van der Waals surface area contributed by atoms with Gasteiger partial charge < -0.3 is 4.74 Å². The fourth-order valence-electron chi connectivity index (χ4n) is 2.70. The Bertz CT molecular complexity index is 727. The van der Waals surface area contributed by atoms with Crippen molar-refractivity contribution < 1.29 is 14.3 Å². The van der Waals surface area contributed by atoms with E-state index in [1.165, 1.54) is 46.0 Å². The second kappa shape index (κ2) is 7.44. The number of carbonyl (C=O) groups excluding carboxylic acids is 2. The minimum absolute atomic E-state index is 0.332. The second-order valence-electron chi connectivity index (χ2n) is 5.85. The molecule has 0 fully saturated rings. The standard InChI is InChI=1S/C17H20N2O3S2/c1-3-12(15(20)19-17-18-10(2)9-23-17)22-16(21)14-8-11-6-4-5-7-13(11)24-14/h8-9,12H,3-7H2,1-2H3,(H,18,19,20). The van der Waals surface area contributed by atoms with Crippen molar-refractivity contribution >= 4 is 39.7 Å². The lowest BCUT2D eigenvalue weighted by Crippen LogP contribution is -2.31. The number of fused-ring (bicyclic) bond motifs is 1. The van der Waals surface area contributed by atoms with Gasteiger partial charge in [0.25, 0.3) is 5.91 Å². The molecule has 1 aliphatic rings. The van der Waals surface area contributed by atoms with Crippen LogP contribution in [0, 0.1) is 6.92 Å². The number of rotatable bonds is 5. The van der Waals surface area contributed by atoms with Gasteiger partial charge >= 0.3 is 5.97 Å². The molecule has 1 amide bonds. The normalized spacial score (nSPS) is 14.8. The highest BCUT2D eigenvalue weighted by Gasteiger charge is 2.25. The molecule has 0 radical (unpaired) electrons. The van der Waals surface area contributed by atoms with Crippen LogP contribution in [-0.4, -0.2) is 23.0 Å². The molecule has 0 aliphatic heterocycles. The molecule has 5 nitrogen and oxygen atoms in total. The molecule has 24 heavy (non-hydrogen) atoms. The van der Waals surface area contributed by atoms with Crippen molar-refractivity contribution in [3.05, 3.63) is 32.5 Å². The lowest BCUT2D eigenvalue weighted by molar-refractivity contribution is -0.124. The molecule has 2 heterocycles. The van der Waals surface area contributed by atoms with Crippen LogP contribution in [0.2, 0.25) is 0 Å². The summed E-state index contributed by atoms with van der Waals surface area (Å²) in [6.45, 7) is 3.69. The van der Waals surface area contributed by atoms with E-state index in [1.54, 1.807) is 0 Å². The van der Waals surface area contributed by atoms with Crippen LogP contribution in [0.4, 0.5) is 5.13 Å². The zero-order chi connectivity index (χ0) is 17.1. The van der Waals surface area contributed by atoms with Gasteiger partial charge in [-0.15, -0.1) is 22.7 Å². The maximum Gasteiger partial charge on any atom is 0.349 e. The van der Waals surface area contributed by atoms with Gasteiger partial charge in [0.05, 0.1) is 5.69 Å². The molecule has 128 valence electrons. The molecule has 0 bridgehead atoms. The first-order valence-corrected chi connectivity index (χ1v) is 9.82. The average Bonchev–Trinajstić information content (AvgIpc) is 3.18. The van der Waals surface area contributed by atoms with E-state index in [0.717, 1.165) is 18.5 Å². The molecule has 1 unspecified atom stereocenters. The molecule has 0 aromatic carbocycles. The number of nitrogens with one attached hydrogen (secondary N) is 1. The predicted molar refractivity (Wildman–Crippen MR) is 95.9 cm³/mol. The van der Waals surface area contributed by atoms with Gasteiger partial charge in [0.15, 0.2) is 11.2 Å². The minimum atomic E-state index is -0.805. The zero-order valence-electron chi connectivity index (χ0n) is 13.8. The monoisotopic (exact) mass is 364 g/mol. The van der Waals surface area contributed by atoms with Gasteiger partial charge in [-0.05, 0) is 50.7 Å². The third-order valence-electron chi connectivity index (χ3n) is 3.96. The molecular weight excluding hydrogens is 344 g/mol. The van der Waals surface area contributed by atoms with Crippen LogP contribution in [0.5, 0.6) is 0 Å². The van der Waals surface area contributed by atoms with Gasteiger partial charge in [-0.25, -0.2) is 9.78 Å². The molecule has 1 aliphatic carbocycles. The number of esters is 1. The molecule has 2 aromatic rings. The first kappa shape index (κ1) is 17.1. The van der Waals surface area contributed by atoms with Gasteiger partial charge in [0.1, 0.15) is 4.88 Å². The van der Waals surface area contributed by atoms with Crippen molar-refractivity contribution in [1.82, 2.24) is 4.98 Å². The SMILES string of the molecule is CCC(OC(=O)c1cc2c(s1)CCCC2)C(=O)Nc1nc(C)cs1. The number of nitrogens with zero attached hydrogens (tertiary/aromatic N) is 1. The number of ether oxygens (including phenoxy) is 1. The highest BCUT2D eigenvalue weighted by Crippen LogP contribution is 2.30. The maximum atomic E-state index is 12.4. The van der Waals surface area contributed by atoms with Crippen LogP contribution >= 0.6 is 22.7 Å². The maximum absolute atomic E-state index is 12.4. The van der Waals surface area contributed by atoms with E-state index in [0.29, 0.717) is 16.4 Å². The molecule has 2 aromatic heterocycles. The summed E-state index contributed by atoms with van der Waals surface area (Å²) in [5.41, 5.74) is 2.11. The fourth-order valence-corrected chi connectivity index (χ4v) is 4.53. The zero-order valence-corrected chi connectivity index (χ0v) is 15.4. The summed E-state index contributed by atoms with van der Waals surface area (Å²) in [5, 5.41) is 5.10. The fraction of sp³-hybridized carbons (Fsp3) is 0.471. The number of aryl methyl sites for hydroxylation is 3. The van der Waals surface area contributed by atoms with Crippen molar-refractivity contribution in [3.8, 4) is 0 Å². The van der Waals surface area contributed by atoms with E-state index >= 15 is 0 Å². The number of aromatic nitrogens is 1. The van der Waals surface area contributed by atoms with Crippen LogP contribution in [0.25, 0.3) is 0 Å². The predicted octanol–water partition coefficient (Wildman–Crippen LogP) is 3.97. The quantitative estimate of drug-likeness (QED) is 0.815. The summed E-state index contributed by atoms with van der Waals surface area (Å²) in [6.07, 6.45) is 4.03. The molecule has 7 heteroatoms. The van der Waals surface area contributed by atoms with Gasteiger partial charge in [-0.2, -0.15) is 0 Å². The van der Waals surface area contributed by atoms with Gasteiger partial charge in [-0.3, -0.25) is 10.1 Å². The van der Waals surface area contributed by atoms with Crippen LogP contribution in [0.3, 0.4) is 0 Å². The summed E-state index contributed by atoms with van der Waals surface area (Å²) in [4.78, 5) is 30.8. The lowest BCUT2D eigenvalue weighted by Gasteiger charge is -2.14. The van der Waals surface area contributed by atoms with Crippen molar-refractivity contribution in [2.75, 3.05) is 5.32 Å². The van der Waals surface area contributed by atoms with Crippen molar-refractivity contribution in [2.45, 2.75) is 52.1 Å². The summed E-state index contributed by atoms with van der Waals surface area (Å²) in [6, 6.07) is 1.93. The van der Waals surface area contributed by atoms with Crippen molar-refractivity contribution in [3.63, 3.8) is 0 Å². The first-order valence-electron chi connectivity index (χ1n) is 8.12. The van der Waals surface area contributed by atoms with Crippen LogP contribution in [-0.2, 0) is 22.4 Å². The summed E-state index contributed by atoms with van der Waals surface area (Å²) >= 11 is 2.86. The first-order chi connectivity index (χ1) is 11.6. The van der Waals surface area contributed by atoms with E-state index in [1.807, 2.05) is 25.3 Å². The Hall–Kier alpha value is -1.73. The second-order valence-corrected chi connectivity index (χ2v) is 7.85. The number of thiophene rings is 1. The Labute approximate surface area is 149 Å². The molecule has 1 N–H and O–H groups in total. The number of hydrogen-bond donors (Lipinski definition) is 1. The minimum Gasteiger partial charge on any atom is -0.448 e. The van der Waals surface area contributed by atoms with E-state index in [2.05, 4.69) is 10.3 Å². The molecule has 0 saturated carbocycles. The Morgan fingerprint density at radius 1 is 1.38 bits per heavy atom. The number of carbonyl (C=O) groups is 2. The smallest absolute Gasteiger partial charge is 0.349 e. The van der Waals surface area contributed by atoms with Gasteiger partial charge in [0, 0.05) is 10.3 Å². The van der Waals surface area contributed by atoms with Crippen LogP contribution < -0.4 is 5.32 Å². The highest BCUT2D eigenvalue weighted by molar-refractivity contribution is 7.14. The molecule has 0 saturated heterocycles. The third kappa shape index (κ3) is 3.84. The van der Waals surface area contributed by atoms with E-state index in [4.69, 9.17) is 4.74 Å². The lowest BCUT2D eigenvalue weighted by atomic mass is 9.99. The third-order valence-corrected chi connectivity index (χ3v) is 6.05. The molecular formula is C17H20N2O3S2. The summed E-state index contributed by atoms with van der Waals surface area (Å²) in [7, 11) is 0. The van der Waals surface area contributed by atoms with E-state index in [9.17, 15) is 9.59 Å². The van der Waals surface area contributed by atoms with E-state index < -0.39 is 12.1 Å². The Balaban J connectivity index is 1.64. The van der Waals surface area contributed by atoms with Crippen molar-refractivity contribution in [1.29, 1.82) is 0 Å². The Morgan fingerprint density at radius 2 is 2.17 bits per heavy atom. The number of thiazole rings is 1. The number of anilines is 1. The molecule has 1 atom stereocenters. The molecule has 3 rings (SSSR count). The van der Waals surface area contributed by atoms with Crippen LogP contribution in [0.1, 0.15) is 52.0 Å². The Kier molecular flexibility index (Phi) is 5.30. The van der Waals surface area contributed by atoms with Gasteiger partial charge in [0.2, 0.25) is 0 Å². The van der Waals surface area contributed by atoms with E-state index in [-0.39, 0.29) is 5.91 Å². The highest BCUT2D eigenvalue weighted by atomic mass is 32.1. The summed E-state index contributed by atoms with van der Waals surface area (Å²) < 4.78 is 5.44. The summed E-state index contributed by atoms with van der Waals surface area (Å²) in [5.74, 6) is -0.742. The number of amides is 1. The van der Waals surface area contributed by atoms with Crippen molar-refractivity contribution in [2.24, 2.45) is 0 Å². The Morgan fingerprint density at radius 3 is 2.83 bits per heavy atom. The number of hydrogen-bond acceptors (Lipinski definition) is 6. The topological polar surface area (TPSA) is 68.3 Å².